The molecule has 0 aromatic heterocycles. The first-order chi connectivity index (χ1) is 6.43. The first-order valence-electron chi connectivity index (χ1n) is 3.53. The number of hydrogen-bond donors (Lipinski definition) is 2. The maximum atomic E-state index is 5.12. The van der Waals surface area contributed by atoms with Crippen molar-refractivity contribution in [1.29, 1.82) is 0 Å². The van der Waals surface area contributed by atoms with Gasteiger partial charge in [-0.25, -0.2) is 0 Å². The quantitative estimate of drug-likeness (QED) is 0.240. The van der Waals surface area contributed by atoms with Gasteiger partial charge >= 0.3 is 17.1 Å². The molecule has 0 fully saturated rings. The second kappa shape index (κ2) is 8.54. The van der Waals surface area contributed by atoms with Crippen molar-refractivity contribution in [3.05, 3.63) is 0 Å². The summed E-state index contributed by atoms with van der Waals surface area (Å²) in [5.74, 6) is 0. The molecule has 0 atom stereocenters. The van der Waals surface area contributed by atoms with Gasteiger partial charge in [-0.15, -0.1) is 0 Å². The summed E-state index contributed by atoms with van der Waals surface area (Å²) < 4.78 is 0. The van der Waals surface area contributed by atoms with Crippen LogP contribution >= 0.6 is 0 Å². The van der Waals surface area contributed by atoms with Crippen LogP contribution in [0.25, 0.3) is 0 Å². The Hall–Kier alpha value is -0.761. The summed E-state index contributed by atoms with van der Waals surface area (Å²) in [5.41, 5.74) is 11.3. The molecule has 0 heterocycles. The van der Waals surface area contributed by atoms with E-state index in [0.717, 1.165) is 0 Å². The van der Waals surface area contributed by atoms with Gasteiger partial charge in [-0.1, -0.05) is 0 Å². The molecule has 0 spiro atoms. The fourth-order valence-electron chi connectivity index (χ4n) is 0.393. The van der Waals surface area contributed by atoms with E-state index in [1.165, 1.54) is 0 Å². The fraction of sp³-hybridized carbons (Fsp3) is 0.333. The molecule has 0 aromatic carbocycles. The van der Waals surface area contributed by atoms with Gasteiger partial charge in [-0.2, -0.15) is 20.4 Å². The van der Waals surface area contributed by atoms with E-state index in [4.69, 9.17) is 11.5 Å². The van der Waals surface area contributed by atoms with Gasteiger partial charge in [0.1, 0.15) is 0 Å². The van der Waals surface area contributed by atoms with Crippen LogP contribution in [0.2, 0.25) is 0 Å². The minimum atomic E-state index is -0.0385. The summed E-state index contributed by atoms with van der Waals surface area (Å²) in [5, 5.41) is 14.3. The third-order valence-corrected chi connectivity index (χ3v) is 1.28. The van der Waals surface area contributed by atoms with Crippen LogP contribution in [-0.2, 0) is 42.3 Å². The van der Waals surface area contributed by atoms with Gasteiger partial charge in [-0.05, 0) is 24.2 Å². The number of hydrogen-bond acceptors (Lipinski definition) is 6. The van der Waals surface area contributed by atoms with Crippen LogP contribution in [-0.4, -0.2) is 21.8 Å². The summed E-state index contributed by atoms with van der Waals surface area (Å²) in [6.45, 7) is 3.38. The molecule has 0 aliphatic carbocycles. The van der Waals surface area contributed by atoms with Crippen LogP contribution in [0.1, 0.15) is 13.8 Å². The van der Waals surface area contributed by atoms with Crippen LogP contribution < -0.4 is 11.5 Å². The van der Waals surface area contributed by atoms with Crippen molar-refractivity contribution >= 4 is 47.0 Å². The maximum Gasteiger partial charge on any atom is 2.00 e. The van der Waals surface area contributed by atoms with E-state index >= 15 is 0 Å². The fourth-order valence-corrected chi connectivity index (χ4v) is 0.475. The van der Waals surface area contributed by atoms with Crippen molar-refractivity contribution in [2.75, 3.05) is 0 Å². The first-order valence-corrected chi connectivity index (χ1v) is 4.35. The van der Waals surface area contributed by atoms with Crippen molar-refractivity contribution in [2.24, 2.45) is 31.9 Å². The Morgan fingerprint density at radius 1 is 0.800 bits per heavy atom. The van der Waals surface area contributed by atoms with Gasteiger partial charge in [0, 0.05) is 0 Å². The third kappa shape index (κ3) is 9.54. The van der Waals surface area contributed by atoms with E-state index in [-0.39, 0.29) is 27.4 Å². The molecule has 0 unspecified atom stereocenters. The minimum absolute atomic E-state index is 0. The van der Waals surface area contributed by atoms with Crippen molar-refractivity contribution in [3.8, 4) is 0 Å². The summed E-state index contributed by atoms with van der Waals surface area (Å²) in [7, 11) is 0. The van der Waals surface area contributed by atoms with Crippen LogP contribution in [0.3, 0.4) is 0 Å². The minimum Gasteiger partial charge on any atom is -0.741 e. The molecule has 87 valence electrons. The molecule has 15 heavy (non-hydrogen) atoms. The molecule has 0 saturated carbocycles. The van der Waals surface area contributed by atoms with E-state index in [9.17, 15) is 0 Å². The molecule has 9 heteroatoms. The molecule has 0 aromatic rings. The van der Waals surface area contributed by atoms with Crippen molar-refractivity contribution in [2.45, 2.75) is 13.8 Å². The number of nitrogens with two attached hydrogens (primary N) is 2. The molecule has 0 amide bonds. The molecule has 0 rings (SSSR count). The van der Waals surface area contributed by atoms with Gasteiger partial charge in [0.25, 0.3) is 0 Å². The van der Waals surface area contributed by atoms with E-state index in [1.807, 2.05) is 0 Å². The average Bonchev–Trinajstić information content (AvgIpc) is 2.09. The van der Waals surface area contributed by atoms with Crippen LogP contribution in [0.5, 0.6) is 0 Å². The van der Waals surface area contributed by atoms with Crippen molar-refractivity contribution < 1.29 is 17.1 Å². The second-order valence-corrected chi connectivity index (χ2v) is 3.08. The third-order valence-electron chi connectivity index (χ3n) is 1.12. The predicted octanol–water partition coefficient (Wildman–Crippen LogP) is -0.541. The van der Waals surface area contributed by atoms with Gasteiger partial charge in [0.05, 0.1) is 11.4 Å². The molecule has 0 aliphatic heterocycles. The molecule has 0 saturated heterocycles. The molecular formula is C6H10CuN6S2. The number of amidine groups is 2. The topological polar surface area (TPSA) is 101 Å². The zero-order valence-electron chi connectivity index (χ0n) is 8.06. The van der Waals surface area contributed by atoms with Gasteiger partial charge < -0.3 is 36.7 Å². The summed E-state index contributed by atoms with van der Waals surface area (Å²) in [6, 6.07) is 0. The Kier molecular flexibility index (Phi) is 9.49. The monoisotopic (exact) mass is 293 g/mol. The van der Waals surface area contributed by atoms with Crippen molar-refractivity contribution in [1.82, 2.24) is 0 Å². The zero-order valence-corrected chi connectivity index (χ0v) is 10.6. The van der Waals surface area contributed by atoms with Crippen molar-refractivity contribution in [3.63, 3.8) is 0 Å². The SMILES string of the molecule is CC(=N/N=C(/N)[S-])/C(C)=N\N=C(\N)[S-].[Cu+2]. The molecule has 6 nitrogen and oxygen atoms in total. The van der Waals surface area contributed by atoms with Crippen LogP contribution in [0.4, 0.5) is 0 Å². The smallest absolute Gasteiger partial charge is 0.741 e. The Morgan fingerprint density at radius 2 is 1.07 bits per heavy atom. The Balaban J connectivity index is 0. The summed E-state index contributed by atoms with van der Waals surface area (Å²) in [4.78, 5) is 0. The maximum absolute atomic E-state index is 5.12. The van der Waals surface area contributed by atoms with Gasteiger partial charge in [0.2, 0.25) is 0 Å². The largest absolute Gasteiger partial charge is 2.00 e. The average molecular weight is 294 g/mol. The molecular weight excluding hydrogens is 284 g/mol. The number of rotatable bonds is 3. The second-order valence-electron chi connectivity index (χ2n) is 2.25. The summed E-state index contributed by atoms with van der Waals surface area (Å²) in [6.07, 6.45) is 0. The Labute approximate surface area is 110 Å². The normalized spacial score (nSPS) is 14.8. The first kappa shape index (κ1) is 16.7. The molecule has 1 radical (unpaired) electrons. The van der Waals surface area contributed by atoms with Gasteiger partial charge in [0.15, 0.2) is 0 Å². The predicted molar refractivity (Wildman–Crippen MR) is 64.2 cm³/mol. The zero-order chi connectivity index (χ0) is 11.1. The molecule has 0 aliphatic rings. The standard InChI is InChI=1S/C6H12N6S2.Cu/c1-3(9-11-5(7)13)4(2)10-12-6(8)14;/h1-2H3,(H3,7,11,13)(H3,8,12,14);/q;+2/p-2/b9-3-,10-4-;. The van der Waals surface area contributed by atoms with E-state index in [1.54, 1.807) is 13.8 Å². The van der Waals surface area contributed by atoms with E-state index in [2.05, 4.69) is 45.7 Å². The van der Waals surface area contributed by atoms with E-state index in [0.29, 0.717) is 11.4 Å². The van der Waals surface area contributed by atoms with E-state index < -0.39 is 0 Å². The summed E-state index contributed by atoms with van der Waals surface area (Å²) >= 11 is 9.01. The van der Waals surface area contributed by atoms with Crippen LogP contribution in [0, 0.1) is 0 Å². The number of nitrogens with zero attached hydrogens (tertiary/aromatic N) is 4. The molecule has 4 N–H and O–H groups in total. The Bertz CT molecular complexity index is 282. The Morgan fingerprint density at radius 3 is 1.27 bits per heavy atom. The molecule has 0 bridgehead atoms. The van der Waals surface area contributed by atoms with Crippen LogP contribution in [0.15, 0.2) is 20.4 Å². The van der Waals surface area contributed by atoms with Gasteiger partial charge in [-0.3, -0.25) is 0 Å².